The number of carbonyl (C=O) groups excluding carboxylic acids is 1. The van der Waals surface area contributed by atoms with Gasteiger partial charge in [-0.3, -0.25) is 4.79 Å². The third-order valence-electron chi connectivity index (χ3n) is 2.53. The zero-order valence-corrected chi connectivity index (χ0v) is 11.2. The van der Waals surface area contributed by atoms with Crippen LogP contribution in [0.4, 0.5) is 0 Å². The summed E-state index contributed by atoms with van der Waals surface area (Å²) >= 11 is 5.81. The van der Waals surface area contributed by atoms with Crippen molar-refractivity contribution in [2.45, 2.75) is 26.8 Å². The van der Waals surface area contributed by atoms with E-state index in [1.165, 1.54) is 0 Å². The highest BCUT2D eigenvalue weighted by Gasteiger charge is 2.20. The van der Waals surface area contributed by atoms with Crippen molar-refractivity contribution in [3.05, 3.63) is 40.9 Å². The van der Waals surface area contributed by atoms with E-state index >= 15 is 0 Å². The third-order valence-corrected chi connectivity index (χ3v) is 2.78. The number of hydrogen-bond acceptors (Lipinski definition) is 1. The SMILES string of the molecule is CC(C)(C)C(C=Cc1ccc(Cl)cc1)NC=O. The summed E-state index contributed by atoms with van der Waals surface area (Å²) in [4.78, 5) is 10.6. The van der Waals surface area contributed by atoms with Crippen LogP contribution < -0.4 is 5.32 Å². The minimum absolute atomic E-state index is 0.00989. The van der Waals surface area contributed by atoms with Crippen LogP contribution in [0.5, 0.6) is 0 Å². The minimum atomic E-state index is -0.0101. The van der Waals surface area contributed by atoms with Gasteiger partial charge in [0, 0.05) is 5.02 Å². The van der Waals surface area contributed by atoms with E-state index in [2.05, 4.69) is 26.1 Å². The van der Waals surface area contributed by atoms with E-state index < -0.39 is 0 Å². The van der Waals surface area contributed by atoms with Crippen molar-refractivity contribution in [3.63, 3.8) is 0 Å². The molecule has 0 spiro atoms. The quantitative estimate of drug-likeness (QED) is 0.816. The van der Waals surface area contributed by atoms with Gasteiger partial charge in [0.2, 0.25) is 6.41 Å². The normalized spacial score (nSPS) is 13.6. The molecule has 0 saturated heterocycles. The third kappa shape index (κ3) is 4.61. The van der Waals surface area contributed by atoms with Gasteiger partial charge < -0.3 is 5.32 Å². The highest BCUT2D eigenvalue weighted by atomic mass is 35.5. The van der Waals surface area contributed by atoms with Crippen molar-refractivity contribution in [3.8, 4) is 0 Å². The first kappa shape index (κ1) is 13.8. The fourth-order valence-electron chi connectivity index (χ4n) is 1.45. The molecule has 92 valence electrons. The Morgan fingerprint density at radius 2 is 1.82 bits per heavy atom. The van der Waals surface area contributed by atoms with Crippen LogP contribution in [0.2, 0.25) is 5.02 Å². The molecule has 0 aromatic heterocycles. The Labute approximate surface area is 108 Å². The molecule has 1 aromatic rings. The molecule has 0 fully saturated rings. The van der Waals surface area contributed by atoms with Crippen LogP contribution in [0.3, 0.4) is 0 Å². The van der Waals surface area contributed by atoms with Crippen LogP contribution in [0.25, 0.3) is 6.08 Å². The number of benzene rings is 1. The number of rotatable bonds is 4. The van der Waals surface area contributed by atoms with Gasteiger partial charge in [-0.2, -0.15) is 0 Å². The van der Waals surface area contributed by atoms with Gasteiger partial charge in [-0.05, 0) is 23.1 Å². The number of halogens is 1. The Hall–Kier alpha value is -1.28. The van der Waals surface area contributed by atoms with Crippen molar-refractivity contribution in [1.29, 1.82) is 0 Å². The maximum absolute atomic E-state index is 10.6. The molecule has 3 heteroatoms. The van der Waals surface area contributed by atoms with Crippen molar-refractivity contribution in [2.24, 2.45) is 5.41 Å². The molecule has 2 nitrogen and oxygen atoms in total. The fraction of sp³-hybridized carbons (Fsp3) is 0.357. The number of nitrogens with one attached hydrogen (secondary N) is 1. The van der Waals surface area contributed by atoms with Gasteiger partial charge in [0.25, 0.3) is 0 Å². The molecule has 0 saturated carbocycles. The molecule has 1 amide bonds. The van der Waals surface area contributed by atoms with Crippen molar-refractivity contribution in [2.75, 3.05) is 0 Å². The molecule has 0 aliphatic heterocycles. The molecule has 0 aliphatic rings. The van der Waals surface area contributed by atoms with Gasteiger partial charge in [-0.25, -0.2) is 0 Å². The van der Waals surface area contributed by atoms with Crippen molar-refractivity contribution in [1.82, 2.24) is 5.32 Å². The standard InChI is InChI=1S/C14H18ClNO/c1-14(2,3)13(16-10-17)9-6-11-4-7-12(15)8-5-11/h4-10,13H,1-3H3,(H,16,17). The molecular weight excluding hydrogens is 234 g/mol. The molecule has 1 atom stereocenters. The molecular formula is C14H18ClNO. The summed E-state index contributed by atoms with van der Waals surface area (Å²) < 4.78 is 0. The van der Waals surface area contributed by atoms with E-state index in [0.29, 0.717) is 0 Å². The second-order valence-electron chi connectivity index (χ2n) is 5.04. The van der Waals surface area contributed by atoms with Crippen LogP contribution in [0.1, 0.15) is 26.3 Å². The van der Waals surface area contributed by atoms with Gasteiger partial charge in [-0.15, -0.1) is 0 Å². The maximum atomic E-state index is 10.6. The lowest BCUT2D eigenvalue weighted by molar-refractivity contribution is -0.110. The van der Waals surface area contributed by atoms with Crippen LogP contribution in [0, 0.1) is 5.41 Å². The van der Waals surface area contributed by atoms with Crippen molar-refractivity contribution < 1.29 is 4.79 Å². The average Bonchev–Trinajstić information content (AvgIpc) is 2.25. The molecule has 0 aliphatic carbocycles. The second-order valence-corrected chi connectivity index (χ2v) is 5.48. The monoisotopic (exact) mass is 251 g/mol. The van der Waals surface area contributed by atoms with Crippen LogP contribution in [-0.4, -0.2) is 12.5 Å². The van der Waals surface area contributed by atoms with E-state index in [4.69, 9.17) is 11.6 Å². The summed E-state index contributed by atoms with van der Waals surface area (Å²) in [5.74, 6) is 0. The number of carbonyl (C=O) groups is 1. The van der Waals surface area contributed by atoms with Crippen LogP contribution in [0.15, 0.2) is 30.3 Å². The molecule has 0 bridgehead atoms. The van der Waals surface area contributed by atoms with Crippen LogP contribution in [-0.2, 0) is 4.79 Å². The zero-order chi connectivity index (χ0) is 12.9. The Morgan fingerprint density at radius 3 is 2.29 bits per heavy atom. The lowest BCUT2D eigenvalue weighted by atomic mass is 9.86. The summed E-state index contributed by atoms with van der Waals surface area (Å²) in [7, 11) is 0. The molecule has 1 unspecified atom stereocenters. The summed E-state index contributed by atoms with van der Waals surface area (Å²) in [5, 5.41) is 3.53. The first-order valence-corrected chi connectivity index (χ1v) is 5.95. The predicted octanol–water partition coefficient (Wildman–Crippen LogP) is 3.51. The summed E-state index contributed by atoms with van der Waals surface area (Å²) in [6.45, 7) is 6.25. The van der Waals surface area contributed by atoms with E-state index in [0.717, 1.165) is 17.0 Å². The Bertz CT molecular complexity index is 390. The molecule has 17 heavy (non-hydrogen) atoms. The van der Waals surface area contributed by atoms with Gasteiger partial charge in [0.05, 0.1) is 6.04 Å². The fourth-order valence-corrected chi connectivity index (χ4v) is 1.57. The molecule has 0 heterocycles. The first-order chi connectivity index (χ1) is 7.93. The van der Waals surface area contributed by atoms with E-state index in [1.807, 2.05) is 36.4 Å². The molecule has 1 aromatic carbocycles. The van der Waals surface area contributed by atoms with E-state index in [1.54, 1.807) is 0 Å². The lowest BCUT2D eigenvalue weighted by Gasteiger charge is -2.27. The van der Waals surface area contributed by atoms with Crippen molar-refractivity contribution >= 4 is 24.1 Å². The highest BCUT2D eigenvalue weighted by molar-refractivity contribution is 6.30. The Kier molecular flexibility index (Phi) is 4.76. The second kappa shape index (κ2) is 5.87. The van der Waals surface area contributed by atoms with E-state index in [-0.39, 0.29) is 11.5 Å². The summed E-state index contributed by atoms with van der Waals surface area (Å²) in [6, 6.07) is 7.59. The van der Waals surface area contributed by atoms with Gasteiger partial charge >= 0.3 is 0 Å². The first-order valence-electron chi connectivity index (χ1n) is 5.57. The van der Waals surface area contributed by atoms with E-state index in [9.17, 15) is 4.79 Å². The molecule has 1 N–H and O–H groups in total. The smallest absolute Gasteiger partial charge is 0.207 e. The Balaban J connectivity index is 2.79. The largest absolute Gasteiger partial charge is 0.352 e. The van der Waals surface area contributed by atoms with Gasteiger partial charge in [0.1, 0.15) is 0 Å². The number of hydrogen-bond donors (Lipinski definition) is 1. The van der Waals surface area contributed by atoms with Gasteiger partial charge in [-0.1, -0.05) is 56.7 Å². The summed E-state index contributed by atoms with van der Waals surface area (Å²) in [6.07, 6.45) is 4.72. The Morgan fingerprint density at radius 1 is 1.24 bits per heavy atom. The molecule has 0 radical (unpaired) electrons. The molecule has 1 rings (SSSR count). The van der Waals surface area contributed by atoms with Gasteiger partial charge in [0.15, 0.2) is 0 Å². The minimum Gasteiger partial charge on any atom is -0.352 e. The topological polar surface area (TPSA) is 29.1 Å². The van der Waals surface area contributed by atoms with Crippen LogP contribution >= 0.6 is 11.6 Å². The average molecular weight is 252 g/mol. The maximum Gasteiger partial charge on any atom is 0.207 e. The summed E-state index contributed by atoms with van der Waals surface area (Å²) in [5.41, 5.74) is 1.06. The zero-order valence-electron chi connectivity index (χ0n) is 10.4. The lowest BCUT2D eigenvalue weighted by Crippen LogP contribution is -2.37. The highest BCUT2D eigenvalue weighted by Crippen LogP contribution is 2.21. The number of amides is 1. The predicted molar refractivity (Wildman–Crippen MR) is 72.9 cm³/mol.